The van der Waals surface area contributed by atoms with Crippen LogP contribution in [-0.4, -0.2) is 151 Å². The number of ether oxygens (including phenoxy) is 10. The van der Waals surface area contributed by atoms with Crippen molar-refractivity contribution in [3.8, 4) is 11.4 Å². The lowest BCUT2D eigenvalue weighted by Crippen LogP contribution is -2.43. The fourth-order valence-corrected chi connectivity index (χ4v) is 6.45. The number of nitrogens with one attached hydrogen (secondary N) is 1. The number of aromatic nitrogens is 4. The van der Waals surface area contributed by atoms with Gasteiger partial charge in [-0.1, -0.05) is 37.1 Å². The van der Waals surface area contributed by atoms with Crippen LogP contribution in [0.5, 0.6) is 0 Å². The highest BCUT2D eigenvalue weighted by Crippen LogP contribution is 2.29. The number of carbonyl (C=O) groups excluding carboxylic acids is 1. The minimum Gasteiger partial charge on any atom is -0.460 e. The first-order chi connectivity index (χ1) is 29.5. The summed E-state index contributed by atoms with van der Waals surface area (Å²) in [6, 6.07) is 7.43. The molecular weight excluding hydrogens is 780 g/mol. The van der Waals surface area contributed by atoms with Crippen LogP contribution in [0.4, 0.5) is 0 Å². The number of imidazole rings is 1. The van der Waals surface area contributed by atoms with E-state index in [9.17, 15) is 14.4 Å². The summed E-state index contributed by atoms with van der Waals surface area (Å²) < 4.78 is 56.9. The number of H-pyrrole nitrogens is 1. The van der Waals surface area contributed by atoms with E-state index in [-0.39, 0.29) is 24.5 Å². The minimum absolute atomic E-state index is 0.118. The molecule has 0 aliphatic heterocycles. The summed E-state index contributed by atoms with van der Waals surface area (Å²) >= 11 is 0. The molecule has 334 valence electrons. The highest BCUT2D eigenvalue weighted by molar-refractivity contribution is 5.87. The zero-order chi connectivity index (χ0) is 42.0. The van der Waals surface area contributed by atoms with Crippen molar-refractivity contribution in [2.45, 2.75) is 51.6 Å². The molecule has 2 fully saturated rings. The molecule has 0 bridgehead atoms. The number of carbonyl (C=O) groups is 1. The van der Waals surface area contributed by atoms with Crippen molar-refractivity contribution < 1.29 is 52.2 Å². The molecule has 17 nitrogen and oxygen atoms in total. The van der Waals surface area contributed by atoms with Crippen LogP contribution in [0, 0.1) is 11.8 Å². The Morgan fingerprint density at radius 1 is 0.633 bits per heavy atom. The van der Waals surface area contributed by atoms with Crippen LogP contribution in [0.15, 0.2) is 39.9 Å². The number of fused-ring (bicyclic) bond motifs is 1. The number of aromatic amines is 1. The fourth-order valence-electron chi connectivity index (χ4n) is 6.45. The molecular formula is C43H64N4O13. The second-order valence-corrected chi connectivity index (χ2v) is 14.7. The Hall–Kier alpha value is -3.78. The van der Waals surface area contributed by atoms with E-state index in [2.05, 4.69) is 9.97 Å². The predicted molar refractivity (Wildman–Crippen MR) is 223 cm³/mol. The predicted octanol–water partition coefficient (Wildman–Crippen LogP) is 3.49. The van der Waals surface area contributed by atoms with Gasteiger partial charge in [-0.2, -0.15) is 0 Å². The smallest absolute Gasteiger partial charge is 0.332 e. The lowest BCUT2D eigenvalue weighted by atomic mass is 9.85. The molecule has 2 heterocycles. The average Bonchev–Trinajstić information content (AvgIpc) is 3.67. The molecule has 1 aromatic carbocycles. The maximum absolute atomic E-state index is 13.5. The first kappa shape index (κ1) is 47.3. The maximum Gasteiger partial charge on any atom is 0.332 e. The average molecular weight is 845 g/mol. The van der Waals surface area contributed by atoms with Gasteiger partial charge in [0.05, 0.1) is 112 Å². The molecule has 17 heteroatoms. The van der Waals surface area contributed by atoms with Crippen LogP contribution in [0.3, 0.4) is 0 Å². The lowest BCUT2D eigenvalue weighted by molar-refractivity contribution is -0.139. The van der Waals surface area contributed by atoms with E-state index in [1.54, 1.807) is 17.8 Å². The van der Waals surface area contributed by atoms with Gasteiger partial charge in [-0.25, -0.2) is 14.6 Å². The molecule has 2 aromatic heterocycles. The molecule has 2 aliphatic carbocycles. The molecule has 5 rings (SSSR count). The van der Waals surface area contributed by atoms with Gasteiger partial charge in [0.15, 0.2) is 5.52 Å². The first-order valence-corrected chi connectivity index (χ1v) is 21.3. The molecule has 0 saturated heterocycles. The Kier molecular flexibility index (Phi) is 22.0. The first-order valence-electron chi connectivity index (χ1n) is 21.3. The van der Waals surface area contributed by atoms with Gasteiger partial charge < -0.3 is 52.4 Å². The highest BCUT2D eigenvalue weighted by Gasteiger charge is 2.26. The normalized spacial score (nSPS) is 14.6. The molecule has 0 atom stereocenters. The van der Waals surface area contributed by atoms with E-state index in [0.717, 1.165) is 43.2 Å². The van der Waals surface area contributed by atoms with Crippen molar-refractivity contribution in [3.63, 3.8) is 0 Å². The Balaban J connectivity index is 0.848. The molecule has 0 spiro atoms. The van der Waals surface area contributed by atoms with E-state index in [1.165, 1.54) is 17.1 Å². The maximum atomic E-state index is 13.5. The number of methoxy groups -OCH3 is 1. The van der Waals surface area contributed by atoms with E-state index in [4.69, 9.17) is 47.4 Å². The second-order valence-electron chi connectivity index (χ2n) is 14.7. The van der Waals surface area contributed by atoms with Gasteiger partial charge in [-0.15, -0.1) is 0 Å². The van der Waals surface area contributed by atoms with Gasteiger partial charge in [0.2, 0.25) is 0 Å². The van der Waals surface area contributed by atoms with Crippen LogP contribution in [0.25, 0.3) is 28.6 Å². The summed E-state index contributed by atoms with van der Waals surface area (Å²) in [4.78, 5) is 47.2. The van der Waals surface area contributed by atoms with Gasteiger partial charge >= 0.3 is 11.7 Å². The quantitative estimate of drug-likeness (QED) is 0.0524. The zero-order valence-corrected chi connectivity index (χ0v) is 35.2. The summed E-state index contributed by atoms with van der Waals surface area (Å²) in [5, 5.41) is 0. The van der Waals surface area contributed by atoms with Crippen LogP contribution in [0.1, 0.15) is 44.1 Å². The Morgan fingerprint density at radius 3 is 1.50 bits per heavy atom. The zero-order valence-electron chi connectivity index (χ0n) is 35.2. The highest BCUT2D eigenvalue weighted by atomic mass is 16.6. The molecule has 1 N–H and O–H groups in total. The number of hydrogen-bond acceptors (Lipinski definition) is 14. The second kappa shape index (κ2) is 27.9. The van der Waals surface area contributed by atoms with Crippen molar-refractivity contribution in [2.24, 2.45) is 11.8 Å². The Labute approximate surface area is 351 Å². The van der Waals surface area contributed by atoms with Gasteiger partial charge in [0.1, 0.15) is 18.1 Å². The van der Waals surface area contributed by atoms with E-state index >= 15 is 0 Å². The monoisotopic (exact) mass is 844 g/mol. The van der Waals surface area contributed by atoms with E-state index in [0.29, 0.717) is 148 Å². The van der Waals surface area contributed by atoms with Crippen LogP contribution in [0.2, 0.25) is 0 Å². The summed E-state index contributed by atoms with van der Waals surface area (Å²) in [6.45, 7) is 9.19. The van der Waals surface area contributed by atoms with Crippen molar-refractivity contribution in [1.29, 1.82) is 0 Å². The molecule has 0 radical (unpaired) electrons. The van der Waals surface area contributed by atoms with Crippen molar-refractivity contribution in [3.05, 3.63) is 56.7 Å². The molecule has 2 saturated carbocycles. The molecule has 2 aliphatic rings. The summed E-state index contributed by atoms with van der Waals surface area (Å²) in [5.74, 6) is 0.842. The third-order valence-electron chi connectivity index (χ3n) is 10.3. The summed E-state index contributed by atoms with van der Waals surface area (Å²) in [6.07, 6.45) is 9.60. The molecule has 60 heavy (non-hydrogen) atoms. The Morgan fingerprint density at radius 2 is 1.07 bits per heavy atom. The summed E-state index contributed by atoms with van der Waals surface area (Å²) in [5.41, 5.74) is 1.75. The van der Waals surface area contributed by atoms with Crippen LogP contribution >= 0.6 is 0 Å². The van der Waals surface area contributed by atoms with E-state index in [1.807, 2.05) is 24.3 Å². The van der Waals surface area contributed by atoms with Gasteiger partial charge in [-0.05, 0) is 49.2 Å². The third kappa shape index (κ3) is 16.6. The number of rotatable bonds is 34. The van der Waals surface area contributed by atoms with Crippen molar-refractivity contribution >= 4 is 23.2 Å². The van der Waals surface area contributed by atoms with Crippen LogP contribution < -0.4 is 11.2 Å². The van der Waals surface area contributed by atoms with Gasteiger partial charge in [-0.3, -0.25) is 13.9 Å². The minimum atomic E-state index is -0.480. The van der Waals surface area contributed by atoms with Gasteiger partial charge in [0.25, 0.3) is 5.56 Å². The molecule has 0 unspecified atom stereocenters. The fraction of sp³-hybridized carbons (Fsp3) is 0.674. The largest absolute Gasteiger partial charge is 0.460 e. The lowest BCUT2D eigenvalue weighted by Gasteiger charge is -2.28. The van der Waals surface area contributed by atoms with E-state index < -0.39 is 5.97 Å². The summed E-state index contributed by atoms with van der Waals surface area (Å²) in [7, 11) is 1.64. The van der Waals surface area contributed by atoms with Gasteiger partial charge in [0, 0.05) is 31.8 Å². The molecule has 0 amide bonds. The van der Waals surface area contributed by atoms with Crippen molar-refractivity contribution in [2.75, 3.05) is 126 Å². The third-order valence-corrected chi connectivity index (χ3v) is 10.3. The number of hydrogen-bond donors (Lipinski definition) is 1. The number of esters is 1. The molecule has 3 aromatic rings. The Bertz CT molecular complexity index is 1800. The SMILES string of the molecule is COCCOCCOCCOCCOCCOCCOCCOCCOCCOC(=O)/C=C/c1ccc(-c2nc3c(=O)n(CC4CCC4)c(=O)n(CC4CCC4)c3[nH]2)cc1. The van der Waals surface area contributed by atoms with Crippen molar-refractivity contribution in [1.82, 2.24) is 19.1 Å². The number of nitrogens with zero attached hydrogens (tertiary/aromatic N) is 3. The topological polar surface area (TPSA) is 182 Å². The van der Waals surface area contributed by atoms with Crippen LogP contribution in [-0.2, 0) is 65.3 Å². The standard InChI is InChI=1S/C43H64N4O13/c1-51-14-15-52-16-17-53-18-19-54-20-21-55-22-23-56-24-25-57-26-27-58-28-29-59-30-31-60-38(48)13-10-34-8-11-37(12-9-34)40-44-39-41(45-40)46(32-35-4-2-5-35)43(50)47(42(39)49)33-36-6-3-7-36/h8-13,35-36H,2-7,14-33H2,1H3,(H,44,45)/b13-10+. The number of benzene rings is 1.